The molecule has 11 nitrogen and oxygen atoms in total. The van der Waals surface area contributed by atoms with Crippen LogP contribution in [0.4, 0.5) is 5.69 Å². The number of ketones is 1. The summed E-state index contributed by atoms with van der Waals surface area (Å²) < 4.78 is 10.6. The number of hydrogen-bond donors (Lipinski definition) is 8. The van der Waals surface area contributed by atoms with Crippen LogP contribution in [0.15, 0.2) is 109 Å². The van der Waals surface area contributed by atoms with Crippen LogP contribution < -0.4 is 20.1 Å². The van der Waals surface area contributed by atoms with Gasteiger partial charge in [-0.05, 0) is 139 Å². The second kappa shape index (κ2) is 17.0. The largest absolute Gasteiger partial charge is 0.508 e. The van der Waals surface area contributed by atoms with Crippen molar-refractivity contribution in [2.24, 2.45) is 17.3 Å². The molecule has 5 aromatic rings. The third-order valence-corrected chi connectivity index (χ3v) is 11.8. The lowest BCUT2D eigenvalue weighted by atomic mass is 9.58. The number of aromatic hydroxyl groups is 4. The number of rotatable bonds is 16. The highest BCUT2D eigenvalue weighted by atomic mass is 16.5. The smallest absolute Gasteiger partial charge is 0.200 e. The van der Waals surface area contributed by atoms with Gasteiger partial charge >= 0.3 is 0 Å². The third-order valence-electron chi connectivity index (χ3n) is 11.8. The SMILES string of the molecule is COc1cc(CCC(O)C(C(=O)CCc2cc(O)c(O)c(OC)c2)C2(C3=CCNC(Nc4ccc5cc(O)ccc5c4)=C3)CCCC2Cc2ccc[nH]2)ccc1O. The molecule has 57 heavy (non-hydrogen) atoms. The van der Waals surface area contributed by atoms with Crippen LogP contribution in [0.3, 0.4) is 0 Å². The monoisotopic (exact) mass is 773 g/mol. The predicted molar refractivity (Wildman–Crippen MR) is 220 cm³/mol. The van der Waals surface area contributed by atoms with Crippen molar-refractivity contribution in [2.45, 2.75) is 57.5 Å². The van der Waals surface area contributed by atoms with Gasteiger partial charge < -0.3 is 50.6 Å². The molecular weight excluding hydrogens is 723 g/mol. The first-order valence-electron chi connectivity index (χ1n) is 19.5. The van der Waals surface area contributed by atoms with Crippen LogP contribution in [0.2, 0.25) is 0 Å². The Kier molecular flexibility index (Phi) is 11.7. The van der Waals surface area contributed by atoms with Crippen molar-refractivity contribution in [1.82, 2.24) is 10.3 Å². The molecule has 1 fully saturated rings. The van der Waals surface area contributed by atoms with Gasteiger partial charge in [-0.2, -0.15) is 0 Å². The van der Waals surface area contributed by atoms with Crippen molar-refractivity contribution in [3.05, 3.63) is 125 Å². The molecule has 0 bridgehead atoms. The Balaban J connectivity index is 1.27. The normalized spacial score (nSPS) is 19.0. The number of anilines is 1. The zero-order chi connectivity index (χ0) is 40.1. The molecule has 4 atom stereocenters. The Labute approximate surface area is 332 Å². The van der Waals surface area contributed by atoms with Crippen molar-refractivity contribution in [3.8, 4) is 34.5 Å². The molecule has 1 aromatic heterocycles. The minimum atomic E-state index is -1.03. The molecule has 1 saturated carbocycles. The van der Waals surface area contributed by atoms with Crippen LogP contribution in [-0.2, 0) is 24.1 Å². The van der Waals surface area contributed by atoms with E-state index in [0.29, 0.717) is 43.5 Å². The van der Waals surface area contributed by atoms with Gasteiger partial charge in [-0.1, -0.05) is 30.7 Å². The quantitative estimate of drug-likeness (QED) is 0.0466. The first kappa shape index (κ1) is 39.2. The maximum absolute atomic E-state index is 15.1. The van der Waals surface area contributed by atoms with Crippen molar-refractivity contribution in [2.75, 3.05) is 26.1 Å². The Morgan fingerprint density at radius 3 is 2.47 bits per heavy atom. The van der Waals surface area contributed by atoms with Crippen LogP contribution >= 0.6 is 0 Å². The Hall–Kier alpha value is -6.07. The number of hydrogen-bond acceptors (Lipinski definition) is 10. The maximum Gasteiger partial charge on any atom is 0.200 e. The second-order valence-corrected chi connectivity index (χ2v) is 15.2. The lowest BCUT2D eigenvalue weighted by molar-refractivity contribution is -0.133. The molecular formula is C46H51N3O8. The van der Waals surface area contributed by atoms with E-state index < -0.39 is 17.4 Å². The number of ether oxygens (including phenoxy) is 2. The molecule has 1 aliphatic heterocycles. The van der Waals surface area contributed by atoms with Crippen molar-refractivity contribution < 1.29 is 39.8 Å². The summed E-state index contributed by atoms with van der Waals surface area (Å²) in [5, 5.41) is 62.3. The van der Waals surface area contributed by atoms with Gasteiger partial charge in [0.1, 0.15) is 17.4 Å². The van der Waals surface area contributed by atoms with E-state index >= 15 is 4.79 Å². The number of aromatic amines is 1. The van der Waals surface area contributed by atoms with Gasteiger partial charge in [0.25, 0.3) is 0 Å². The van der Waals surface area contributed by atoms with E-state index in [1.54, 1.807) is 36.4 Å². The Bertz CT molecular complexity index is 2280. The number of fused-ring (bicyclic) bond motifs is 1. The number of benzene rings is 4. The highest BCUT2D eigenvalue weighted by Gasteiger charge is 2.55. The van der Waals surface area contributed by atoms with E-state index in [0.717, 1.165) is 52.0 Å². The van der Waals surface area contributed by atoms with Gasteiger partial charge in [0.05, 0.1) is 26.2 Å². The molecule has 1 aliphatic carbocycles. The number of carbonyl (C=O) groups is 1. The number of phenolic OH excluding ortho intramolecular Hbond substituents is 4. The van der Waals surface area contributed by atoms with Gasteiger partial charge in [0.15, 0.2) is 23.0 Å². The number of Topliss-reactive ketones (excluding diaryl/α,β-unsaturated/α-hetero) is 1. The molecule has 0 amide bonds. The zero-order valence-electron chi connectivity index (χ0n) is 32.3. The summed E-state index contributed by atoms with van der Waals surface area (Å²) >= 11 is 0. The summed E-state index contributed by atoms with van der Waals surface area (Å²) in [5.41, 5.74) is 3.68. The lowest BCUT2D eigenvalue weighted by Gasteiger charge is -2.46. The standard InChI is InChI=1S/C46H51N3O8/c1-56-41-22-28(7-14-37(41)51)8-15-38(52)44(39(53)16-9-29-21-40(54)45(55)42(23-29)57-2)46(18-3-5-32(46)26-34-6-4-19-47-34)33-17-20-48-43(27-33)49-35-12-10-31-25-36(50)13-11-30(31)24-35/h4,6-7,10-14,17,19,21-25,27,32,38,44,47-52,54-55H,3,5,8-9,15-16,18,20,26H2,1-2H3. The lowest BCUT2D eigenvalue weighted by Crippen LogP contribution is -2.48. The van der Waals surface area contributed by atoms with E-state index in [1.165, 1.54) is 20.3 Å². The van der Waals surface area contributed by atoms with E-state index in [2.05, 4.69) is 33.8 Å². The van der Waals surface area contributed by atoms with Gasteiger partial charge in [-0.15, -0.1) is 0 Å². The molecule has 2 heterocycles. The number of aliphatic hydroxyl groups is 1. The number of H-pyrrole nitrogens is 1. The number of phenols is 4. The molecule has 298 valence electrons. The number of aliphatic hydroxyl groups excluding tert-OH is 1. The van der Waals surface area contributed by atoms with Crippen LogP contribution in [0, 0.1) is 17.3 Å². The van der Waals surface area contributed by atoms with Crippen molar-refractivity contribution in [1.29, 1.82) is 0 Å². The molecule has 2 aliphatic rings. The zero-order valence-corrected chi connectivity index (χ0v) is 32.3. The van der Waals surface area contributed by atoms with E-state index in [-0.39, 0.29) is 53.3 Å². The summed E-state index contributed by atoms with van der Waals surface area (Å²) in [6.45, 7) is 0.517. The number of carbonyl (C=O) groups excluding carboxylic acids is 1. The average Bonchev–Trinajstić information content (AvgIpc) is 3.89. The highest BCUT2D eigenvalue weighted by molar-refractivity contribution is 5.87. The molecule has 4 unspecified atom stereocenters. The fraction of sp³-hybridized carbons (Fsp3) is 0.326. The first-order chi connectivity index (χ1) is 27.6. The summed E-state index contributed by atoms with van der Waals surface area (Å²) in [5.74, 6) is -0.0767. The van der Waals surface area contributed by atoms with E-state index in [4.69, 9.17) is 9.47 Å². The molecule has 7 rings (SSSR count). The molecule has 0 spiro atoms. The summed E-state index contributed by atoms with van der Waals surface area (Å²) in [6.07, 6.45) is 9.37. The minimum Gasteiger partial charge on any atom is -0.508 e. The Morgan fingerprint density at radius 2 is 1.68 bits per heavy atom. The minimum absolute atomic E-state index is 0.0153. The van der Waals surface area contributed by atoms with Crippen LogP contribution in [-0.4, -0.2) is 63.2 Å². The number of dihydropyridines is 1. The van der Waals surface area contributed by atoms with Gasteiger partial charge in [-0.25, -0.2) is 0 Å². The average molecular weight is 774 g/mol. The second-order valence-electron chi connectivity index (χ2n) is 15.2. The fourth-order valence-electron chi connectivity index (χ4n) is 9.10. The van der Waals surface area contributed by atoms with E-state index in [9.17, 15) is 25.5 Å². The highest BCUT2D eigenvalue weighted by Crippen LogP contribution is 2.57. The third kappa shape index (κ3) is 8.39. The van der Waals surface area contributed by atoms with Gasteiger partial charge in [0, 0.05) is 36.0 Å². The summed E-state index contributed by atoms with van der Waals surface area (Å²) in [7, 11) is 2.90. The number of nitrogens with one attached hydrogen (secondary N) is 3. The van der Waals surface area contributed by atoms with Gasteiger partial charge in [0.2, 0.25) is 5.75 Å². The van der Waals surface area contributed by atoms with Crippen LogP contribution in [0.25, 0.3) is 10.8 Å². The molecule has 11 heteroatoms. The van der Waals surface area contributed by atoms with Crippen molar-refractivity contribution >= 4 is 22.2 Å². The van der Waals surface area contributed by atoms with E-state index in [1.807, 2.05) is 36.5 Å². The number of allylic oxidation sites excluding steroid dienone is 2. The summed E-state index contributed by atoms with van der Waals surface area (Å²) in [6, 6.07) is 23.5. The number of aromatic nitrogens is 1. The topological polar surface area (TPSA) is 177 Å². The van der Waals surface area contributed by atoms with Crippen LogP contribution in [0.5, 0.6) is 34.5 Å². The summed E-state index contributed by atoms with van der Waals surface area (Å²) in [4.78, 5) is 18.4. The number of aryl methyl sites for hydroxylation is 2. The Morgan fingerprint density at radius 1 is 0.895 bits per heavy atom. The fourth-order valence-corrected chi connectivity index (χ4v) is 9.10. The first-order valence-corrected chi connectivity index (χ1v) is 19.5. The number of methoxy groups -OCH3 is 2. The maximum atomic E-state index is 15.1. The molecule has 4 aromatic carbocycles. The van der Waals surface area contributed by atoms with Gasteiger partial charge in [-0.3, -0.25) is 4.79 Å². The predicted octanol–water partition coefficient (Wildman–Crippen LogP) is 7.63. The molecule has 0 saturated heterocycles. The van der Waals surface area contributed by atoms with Crippen molar-refractivity contribution in [3.63, 3.8) is 0 Å². The molecule has 8 N–H and O–H groups in total. The van der Waals surface area contributed by atoms with Crippen LogP contribution in [0.1, 0.15) is 48.9 Å². The molecule has 0 radical (unpaired) electrons.